The van der Waals surface area contributed by atoms with Crippen molar-refractivity contribution in [2.75, 3.05) is 0 Å². The van der Waals surface area contributed by atoms with Crippen LogP contribution in [0.1, 0.15) is 11.3 Å². The van der Waals surface area contributed by atoms with Crippen molar-refractivity contribution in [3.05, 3.63) is 60.7 Å². The van der Waals surface area contributed by atoms with E-state index in [1.165, 1.54) is 6.07 Å². The van der Waals surface area contributed by atoms with Gasteiger partial charge >= 0.3 is 0 Å². The lowest BCUT2D eigenvalue weighted by atomic mass is 10.1. The van der Waals surface area contributed by atoms with Gasteiger partial charge in [-0.3, -0.25) is 19.3 Å². The van der Waals surface area contributed by atoms with Crippen LogP contribution in [-0.4, -0.2) is 19.3 Å². The van der Waals surface area contributed by atoms with E-state index in [0.29, 0.717) is 22.2 Å². The van der Waals surface area contributed by atoms with Crippen molar-refractivity contribution in [2.45, 2.75) is 6.42 Å². The second kappa shape index (κ2) is 4.01. The number of fused-ring (bicyclic) bond motifs is 5. The molecule has 7 nitrogen and oxygen atoms in total. The maximum atomic E-state index is 12.0. The van der Waals surface area contributed by atoms with Crippen LogP contribution in [-0.2, 0) is 6.42 Å². The maximum absolute atomic E-state index is 12.0. The summed E-state index contributed by atoms with van der Waals surface area (Å²) in [6, 6.07) is 3.11. The number of H-pyrrole nitrogens is 1. The Morgan fingerprint density at radius 3 is 3.00 bits per heavy atom. The minimum absolute atomic E-state index is 0.0192. The molecule has 2 heterocycles. The lowest BCUT2D eigenvalue weighted by Gasteiger charge is -2.03. The molecule has 0 unspecified atom stereocenters. The van der Waals surface area contributed by atoms with Crippen LogP contribution >= 0.6 is 15.9 Å². The van der Waals surface area contributed by atoms with Crippen molar-refractivity contribution in [3.63, 3.8) is 0 Å². The zero-order valence-corrected chi connectivity index (χ0v) is 12.0. The van der Waals surface area contributed by atoms with Gasteiger partial charge in [0.05, 0.1) is 20.8 Å². The molecule has 1 aliphatic rings. The molecular weight excluding hydrogens is 340 g/mol. The first-order valence-electron chi connectivity index (χ1n) is 6.12. The number of aromatic nitrogens is 3. The molecule has 0 saturated carbocycles. The number of rotatable bonds is 1. The molecule has 8 heteroatoms. The molecule has 0 saturated heterocycles. The summed E-state index contributed by atoms with van der Waals surface area (Å²) in [5, 5.41) is 11.0. The third kappa shape index (κ3) is 1.53. The molecule has 2 aromatic heterocycles. The molecule has 0 fully saturated rings. The number of hydrogen-bond donors (Lipinski definition) is 1. The third-order valence-corrected chi connectivity index (χ3v) is 4.58. The van der Waals surface area contributed by atoms with E-state index < -0.39 is 4.92 Å². The molecular formula is C13H7BrN4O3. The van der Waals surface area contributed by atoms with E-state index in [4.69, 9.17) is 0 Å². The Hall–Kier alpha value is -2.48. The molecule has 0 atom stereocenters. The zero-order valence-electron chi connectivity index (χ0n) is 10.5. The van der Waals surface area contributed by atoms with Gasteiger partial charge < -0.3 is 4.98 Å². The predicted molar refractivity (Wildman–Crippen MR) is 78.4 cm³/mol. The first kappa shape index (κ1) is 12.3. The highest BCUT2D eigenvalue weighted by Gasteiger charge is 2.28. The second-order valence-corrected chi connectivity index (χ2v) is 5.55. The summed E-state index contributed by atoms with van der Waals surface area (Å²) in [4.78, 5) is 29.5. The molecule has 1 N–H and O–H groups in total. The fourth-order valence-electron chi connectivity index (χ4n) is 2.77. The molecule has 0 radical (unpaired) electrons. The SMILES string of the molecule is O=c1[nH]c2c(n3ccnc13)Cc1c-2ccc([N+](=O)[O-])c1Br. The van der Waals surface area contributed by atoms with E-state index in [1.54, 1.807) is 22.9 Å². The molecule has 0 aliphatic heterocycles. The standard InChI is InChI=1S/C13H7BrN4O3/c14-10-7-5-9-11(6(7)1-2-8(10)18(20)21)16-13(19)12-15-3-4-17(9)12/h1-4H,5H2,(H,16,19). The Balaban J connectivity index is 2.06. The van der Waals surface area contributed by atoms with Crippen LogP contribution in [0, 0.1) is 10.1 Å². The maximum Gasteiger partial charge on any atom is 0.292 e. The quantitative estimate of drug-likeness (QED) is 0.422. The summed E-state index contributed by atoms with van der Waals surface area (Å²) in [6.45, 7) is 0. The van der Waals surface area contributed by atoms with Crippen LogP contribution in [0.15, 0.2) is 33.8 Å². The van der Waals surface area contributed by atoms with E-state index in [0.717, 1.165) is 16.8 Å². The van der Waals surface area contributed by atoms with Crippen molar-refractivity contribution in [1.82, 2.24) is 14.4 Å². The number of nitrogens with zero attached hydrogens (tertiary/aromatic N) is 3. The Kier molecular flexibility index (Phi) is 2.35. The van der Waals surface area contributed by atoms with Crippen molar-refractivity contribution >= 4 is 27.3 Å². The van der Waals surface area contributed by atoms with Gasteiger partial charge in [0.15, 0.2) is 0 Å². The van der Waals surface area contributed by atoms with Gasteiger partial charge in [-0.25, -0.2) is 4.98 Å². The summed E-state index contributed by atoms with van der Waals surface area (Å²) in [6.07, 6.45) is 3.78. The molecule has 21 heavy (non-hydrogen) atoms. The van der Waals surface area contributed by atoms with E-state index in [2.05, 4.69) is 25.9 Å². The molecule has 3 aromatic rings. The van der Waals surface area contributed by atoms with Crippen LogP contribution in [0.5, 0.6) is 0 Å². The molecule has 0 amide bonds. The minimum atomic E-state index is -0.428. The van der Waals surface area contributed by atoms with E-state index in [1.807, 2.05) is 0 Å². The van der Waals surface area contributed by atoms with Gasteiger partial charge in [-0.2, -0.15) is 0 Å². The lowest BCUT2D eigenvalue weighted by molar-refractivity contribution is -0.385. The number of imidazole rings is 1. The first-order chi connectivity index (χ1) is 10.1. The minimum Gasteiger partial charge on any atom is -0.317 e. The monoisotopic (exact) mass is 346 g/mol. The van der Waals surface area contributed by atoms with Crippen molar-refractivity contribution in [1.29, 1.82) is 0 Å². The molecule has 0 spiro atoms. The third-order valence-electron chi connectivity index (χ3n) is 3.69. The van der Waals surface area contributed by atoms with Gasteiger partial charge in [-0.1, -0.05) is 0 Å². The van der Waals surface area contributed by atoms with Crippen molar-refractivity contribution < 1.29 is 4.92 Å². The van der Waals surface area contributed by atoms with E-state index in [9.17, 15) is 14.9 Å². The smallest absolute Gasteiger partial charge is 0.292 e. The topological polar surface area (TPSA) is 93.3 Å². The Morgan fingerprint density at radius 1 is 1.43 bits per heavy atom. The first-order valence-corrected chi connectivity index (χ1v) is 6.91. The largest absolute Gasteiger partial charge is 0.317 e. The van der Waals surface area contributed by atoms with Gasteiger partial charge in [0, 0.05) is 30.4 Å². The average molecular weight is 347 g/mol. The molecule has 0 bridgehead atoms. The fourth-order valence-corrected chi connectivity index (χ4v) is 3.40. The van der Waals surface area contributed by atoms with E-state index >= 15 is 0 Å². The number of aromatic amines is 1. The summed E-state index contributed by atoms with van der Waals surface area (Å²) < 4.78 is 2.18. The Labute approximate surface area is 125 Å². The zero-order chi connectivity index (χ0) is 14.7. The number of hydrogen-bond acceptors (Lipinski definition) is 4. The van der Waals surface area contributed by atoms with Crippen LogP contribution in [0.2, 0.25) is 0 Å². The summed E-state index contributed by atoms with van der Waals surface area (Å²) in [5.74, 6) is 0. The number of nitrogens with one attached hydrogen (secondary N) is 1. The Bertz CT molecular complexity index is 989. The summed E-state index contributed by atoms with van der Waals surface area (Å²) >= 11 is 3.31. The lowest BCUT2D eigenvalue weighted by Crippen LogP contribution is -2.13. The predicted octanol–water partition coefficient (Wildman–Crippen LogP) is 2.26. The van der Waals surface area contributed by atoms with Crippen LogP contribution in [0.3, 0.4) is 0 Å². The number of nitro benzene ring substituents is 1. The van der Waals surface area contributed by atoms with Crippen LogP contribution in [0.4, 0.5) is 5.69 Å². The van der Waals surface area contributed by atoms with E-state index in [-0.39, 0.29) is 11.2 Å². The van der Waals surface area contributed by atoms with Crippen LogP contribution in [0.25, 0.3) is 16.9 Å². The number of nitro groups is 1. The molecule has 1 aliphatic carbocycles. The highest BCUT2D eigenvalue weighted by molar-refractivity contribution is 9.10. The second-order valence-electron chi connectivity index (χ2n) is 4.76. The van der Waals surface area contributed by atoms with Crippen molar-refractivity contribution in [3.8, 4) is 11.3 Å². The highest BCUT2D eigenvalue weighted by atomic mass is 79.9. The summed E-state index contributed by atoms with van der Waals surface area (Å²) in [7, 11) is 0. The van der Waals surface area contributed by atoms with Crippen LogP contribution < -0.4 is 5.56 Å². The fraction of sp³-hybridized carbons (Fsp3) is 0.0769. The molecule has 1 aromatic carbocycles. The summed E-state index contributed by atoms with van der Waals surface area (Å²) in [5.41, 5.74) is 3.24. The van der Waals surface area contributed by atoms with Crippen molar-refractivity contribution in [2.24, 2.45) is 0 Å². The van der Waals surface area contributed by atoms with Gasteiger partial charge in [0.2, 0.25) is 5.65 Å². The number of halogens is 1. The van der Waals surface area contributed by atoms with Gasteiger partial charge in [-0.15, -0.1) is 0 Å². The average Bonchev–Trinajstić information content (AvgIpc) is 3.04. The Morgan fingerprint density at radius 2 is 2.24 bits per heavy atom. The molecule has 4 rings (SSSR count). The number of benzene rings is 1. The highest BCUT2D eigenvalue weighted by Crippen LogP contribution is 2.42. The normalized spacial score (nSPS) is 12.4. The molecule has 104 valence electrons. The van der Waals surface area contributed by atoms with Gasteiger partial charge in [0.25, 0.3) is 11.2 Å². The van der Waals surface area contributed by atoms with Gasteiger partial charge in [0.1, 0.15) is 0 Å². The van der Waals surface area contributed by atoms with Gasteiger partial charge in [-0.05, 0) is 27.6 Å².